The molecule has 0 atom stereocenters. The number of amides is 2. The van der Waals surface area contributed by atoms with Crippen molar-refractivity contribution in [3.63, 3.8) is 0 Å². The summed E-state index contributed by atoms with van der Waals surface area (Å²) < 4.78 is 19.1. The average molecular weight is 373 g/mol. The molecule has 0 fully saturated rings. The lowest BCUT2D eigenvalue weighted by Gasteiger charge is -2.04. The Hall–Kier alpha value is -3.12. The third-order valence-electron chi connectivity index (χ3n) is 3.75. The standard InChI is InChI=1S/C19H14ClFN2O3/c1-11-12-5-2-3-8-16(12)26-18(11)19(25)23-22-17(24)10-9-13-14(20)6-4-7-15(13)21/h2-10H,1H3,(H,22,24)(H,23,25)/b10-9+. The van der Waals surface area contributed by atoms with Gasteiger partial charge in [0, 0.05) is 22.6 Å². The van der Waals surface area contributed by atoms with Crippen LogP contribution in [0, 0.1) is 12.7 Å². The lowest BCUT2D eigenvalue weighted by atomic mass is 10.1. The smallest absolute Gasteiger partial charge is 0.305 e. The van der Waals surface area contributed by atoms with E-state index in [1.54, 1.807) is 19.1 Å². The van der Waals surface area contributed by atoms with Gasteiger partial charge in [0.25, 0.3) is 5.91 Å². The molecule has 0 aliphatic heterocycles. The zero-order valence-corrected chi connectivity index (χ0v) is 14.4. The van der Waals surface area contributed by atoms with E-state index >= 15 is 0 Å². The zero-order chi connectivity index (χ0) is 18.7. The minimum absolute atomic E-state index is 0.0868. The monoisotopic (exact) mass is 372 g/mol. The third-order valence-corrected chi connectivity index (χ3v) is 4.08. The quantitative estimate of drug-likeness (QED) is 0.539. The van der Waals surface area contributed by atoms with Crippen LogP contribution in [-0.2, 0) is 4.79 Å². The number of fused-ring (bicyclic) bond motifs is 1. The van der Waals surface area contributed by atoms with Gasteiger partial charge in [-0.15, -0.1) is 0 Å². The summed E-state index contributed by atoms with van der Waals surface area (Å²) in [7, 11) is 0. The van der Waals surface area contributed by atoms with Crippen LogP contribution >= 0.6 is 11.6 Å². The molecule has 0 bridgehead atoms. The van der Waals surface area contributed by atoms with Crippen molar-refractivity contribution in [1.82, 2.24) is 10.9 Å². The van der Waals surface area contributed by atoms with Crippen LogP contribution in [0.2, 0.25) is 5.02 Å². The van der Waals surface area contributed by atoms with Crippen molar-refractivity contribution in [3.05, 3.63) is 76.3 Å². The number of rotatable bonds is 3. The molecule has 0 spiro atoms. The van der Waals surface area contributed by atoms with Gasteiger partial charge in [-0.3, -0.25) is 20.4 Å². The van der Waals surface area contributed by atoms with Crippen LogP contribution < -0.4 is 10.9 Å². The number of carbonyl (C=O) groups is 2. The summed E-state index contributed by atoms with van der Waals surface area (Å²) in [5.41, 5.74) is 5.80. The maximum Gasteiger partial charge on any atom is 0.305 e. The van der Waals surface area contributed by atoms with Crippen molar-refractivity contribution in [2.24, 2.45) is 0 Å². The van der Waals surface area contributed by atoms with E-state index in [1.165, 1.54) is 24.3 Å². The van der Waals surface area contributed by atoms with Crippen LogP contribution in [0.25, 0.3) is 17.0 Å². The summed E-state index contributed by atoms with van der Waals surface area (Å²) in [6.45, 7) is 1.75. The van der Waals surface area contributed by atoms with Crippen molar-refractivity contribution in [2.75, 3.05) is 0 Å². The molecule has 5 nitrogen and oxygen atoms in total. The van der Waals surface area contributed by atoms with Gasteiger partial charge in [0.05, 0.1) is 5.02 Å². The molecule has 1 aromatic heterocycles. The Kier molecular flexibility index (Phi) is 5.04. The van der Waals surface area contributed by atoms with Gasteiger partial charge in [0.2, 0.25) is 0 Å². The second-order valence-corrected chi connectivity index (χ2v) is 5.87. The predicted molar refractivity (Wildman–Crippen MR) is 97.0 cm³/mol. The molecule has 2 N–H and O–H groups in total. The molecule has 0 aliphatic rings. The Morgan fingerprint density at radius 3 is 2.62 bits per heavy atom. The molecule has 0 saturated carbocycles. The lowest BCUT2D eigenvalue weighted by Crippen LogP contribution is -2.40. The first-order chi connectivity index (χ1) is 12.5. The number of para-hydroxylation sites is 1. The Bertz CT molecular complexity index is 1010. The largest absolute Gasteiger partial charge is 0.451 e. The van der Waals surface area contributed by atoms with E-state index in [2.05, 4.69) is 10.9 Å². The molecule has 3 rings (SSSR count). The first kappa shape index (κ1) is 17.7. The Morgan fingerprint density at radius 2 is 1.88 bits per heavy atom. The molecule has 0 saturated heterocycles. The number of nitrogens with one attached hydrogen (secondary N) is 2. The Morgan fingerprint density at radius 1 is 1.12 bits per heavy atom. The van der Waals surface area contributed by atoms with Crippen LogP contribution in [0.15, 0.2) is 53.0 Å². The highest BCUT2D eigenvalue weighted by Crippen LogP contribution is 2.24. The summed E-state index contributed by atoms with van der Waals surface area (Å²) in [6, 6.07) is 11.4. The van der Waals surface area contributed by atoms with E-state index in [-0.39, 0.29) is 16.3 Å². The summed E-state index contributed by atoms with van der Waals surface area (Å²) in [6.07, 6.45) is 2.29. The second-order valence-electron chi connectivity index (χ2n) is 5.46. The number of hydrazine groups is 1. The van der Waals surface area contributed by atoms with Crippen LogP contribution in [-0.4, -0.2) is 11.8 Å². The van der Waals surface area contributed by atoms with Crippen molar-refractivity contribution in [3.8, 4) is 0 Å². The third kappa shape index (κ3) is 3.60. The number of benzene rings is 2. The van der Waals surface area contributed by atoms with Gasteiger partial charge in [0.15, 0.2) is 5.76 Å². The van der Waals surface area contributed by atoms with Gasteiger partial charge in [-0.05, 0) is 31.2 Å². The fourth-order valence-corrected chi connectivity index (χ4v) is 2.66. The molecule has 0 radical (unpaired) electrons. The molecular formula is C19H14ClFN2O3. The van der Waals surface area contributed by atoms with Crippen molar-refractivity contribution < 1.29 is 18.4 Å². The molecule has 3 aromatic rings. The summed E-state index contributed by atoms with van der Waals surface area (Å²) in [5.74, 6) is -1.69. The van der Waals surface area contributed by atoms with Gasteiger partial charge in [-0.2, -0.15) is 0 Å². The highest BCUT2D eigenvalue weighted by molar-refractivity contribution is 6.32. The highest BCUT2D eigenvalue weighted by Gasteiger charge is 2.17. The normalized spacial score (nSPS) is 11.0. The molecule has 0 unspecified atom stereocenters. The number of aryl methyl sites for hydroxylation is 1. The SMILES string of the molecule is Cc1c(C(=O)NNC(=O)/C=C/c2c(F)cccc2Cl)oc2ccccc12. The number of halogens is 2. The van der Waals surface area contributed by atoms with E-state index in [4.69, 9.17) is 16.0 Å². The first-order valence-electron chi connectivity index (χ1n) is 7.68. The molecule has 0 aliphatic carbocycles. The molecule has 132 valence electrons. The summed E-state index contributed by atoms with van der Waals surface area (Å²) in [4.78, 5) is 24.0. The molecule has 7 heteroatoms. The van der Waals surface area contributed by atoms with Crippen molar-refractivity contribution in [2.45, 2.75) is 6.92 Å². The van der Waals surface area contributed by atoms with Gasteiger partial charge in [-0.1, -0.05) is 35.9 Å². The maximum absolute atomic E-state index is 13.6. The molecule has 1 heterocycles. The van der Waals surface area contributed by atoms with Gasteiger partial charge < -0.3 is 4.42 Å². The highest BCUT2D eigenvalue weighted by atomic mass is 35.5. The fraction of sp³-hybridized carbons (Fsp3) is 0.0526. The zero-order valence-electron chi connectivity index (χ0n) is 13.7. The second kappa shape index (κ2) is 7.41. The molecule has 2 amide bonds. The van der Waals surface area contributed by atoms with Gasteiger partial charge in [0.1, 0.15) is 11.4 Å². The topological polar surface area (TPSA) is 71.3 Å². The number of hydrogen-bond acceptors (Lipinski definition) is 3. The Labute approximate surface area is 153 Å². The van der Waals surface area contributed by atoms with E-state index < -0.39 is 17.6 Å². The molecule has 2 aromatic carbocycles. The van der Waals surface area contributed by atoms with Crippen LogP contribution in [0.3, 0.4) is 0 Å². The van der Waals surface area contributed by atoms with Crippen LogP contribution in [0.5, 0.6) is 0 Å². The fourth-order valence-electron chi connectivity index (χ4n) is 2.44. The number of furan rings is 1. The number of hydrogen-bond donors (Lipinski definition) is 2. The van der Waals surface area contributed by atoms with Crippen molar-refractivity contribution in [1.29, 1.82) is 0 Å². The Balaban J connectivity index is 1.66. The first-order valence-corrected chi connectivity index (χ1v) is 8.05. The molecule has 26 heavy (non-hydrogen) atoms. The van der Waals surface area contributed by atoms with Crippen molar-refractivity contribution >= 4 is 40.5 Å². The van der Waals surface area contributed by atoms with E-state index in [0.717, 1.165) is 11.5 Å². The maximum atomic E-state index is 13.6. The minimum atomic E-state index is -0.647. The van der Waals surface area contributed by atoms with Crippen LogP contribution in [0.4, 0.5) is 4.39 Å². The summed E-state index contributed by atoms with van der Waals surface area (Å²) >= 11 is 5.87. The van der Waals surface area contributed by atoms with E-state index in [0.29, 0.717) is 11.1 Å². The van der Waals surface area contributed by atoms with Gasteiger partial charge in [-0.25, -0.2) is 4.39 Å². The van der Waals surface area contributed by atoms with Gasteiger partial charge >= 0.3 is 5.91 Å². The van der Waals surface area contributed by atoms with Crippen LogP contribution in [0.1, 0.15) is 21.7 Å². The number of carbonyl (C=O) groups excluding carboxylic acids is 2. The lowest BCUT2D eigenvalue weighted by molar-refractivity contribution is -0.117. The average Bonchev–Trinajstić information content (AvgIpc) is 2.96. The van der Waals surface area contributed by atoms with E-state index in [9.17, 15) is 14.0 Å². The minimum Gasteiger partial charge on any atom is -0.451 e. The summed E-state index contributed by atoms with van der Waals surface area (Å²) in [5, 5.41) is 0.994. The molecular weight excluding hydrogens is 359 g/mol. The van der Waals surface area contributed by atoms with E-state index in [1.807, 2.05) is 12.1 Å². The predicted octanol–water partition coefficient (Wildman–Crippen LogP) is 4.01.